The summed E-state index contributed by atoms with van der Waals surface area (Å²) in [6.07, 6.45) is 4.56. The molecule has 0 aromatic heterocycles. The van der Waals surface area contributed by atoms with E-state index >= 15 is 0 Å². The van der Waals surface area contributed by atoms with Gasteiger partial charge in [0.05, 0.1) is 0 Å². The zero-order valence-corrected chi connectivity index (χ0v) is 8.91. The van der Waals surface area contributed by atoms with E-state index in [4.69, 9.17) is 16.3 Å². The second-order valence-corrected chi connectivity index (χ2v) is 3.24. The first-order chi connectivity index (χ1) is 7.22. The van der Waals surface area contributed by atoms with Gasteiger partial charge in [-0.3, -0.25) is 0 Å². The molecule has 0 amide bonds. The molecular weight excluding hydrogens is 212 g/mol. The summed E-state index contributed by atoms with van der Waals surface area (Å²) in [5.41, 5.74) is 0.898. The van der Waals surface area contributed by atoms with Crippen LogP contribution in [-0.4, -0.2) is 12.6 Å². The van der Waals surface area contributed by atoms with Crippen molar-refractivity contribution >= 4 is 23.6 Å². The maximum Gasteiger partial charge on any atom is 0.331 e. The average molecular weight is 223 g/mol. The number of halogens is 1. The van der Waals surface area contributed by atoms with Crippen molar-refractivity contribution in [2.24, 2.45) is 0 Å². The molecule has 1 rings (SSSR count). The van der Waals surface area contributed by atoms with Crippen molar-refractivity contribution in [2.75, 3.05) is 6.61 Å². The summed E-state index contributed by atoms with van der Waals surface area (Å²) in [4.78, 5) is 11.1. The quantitative estimate of drug-likeness (QED) is 0.445. The smallest absolute Gasteiger partial charge is 0.331 e. The van der Waals surface area contributed by atoms with Crippen LogP contribution >= 0.6 is 11.6 Å². The lowest BCUT2D eigenvalue weighted by atomic mass is 10.2. The van der Waals surface area contributed by atoms with Crippen LogP contribution in [0.2, 0.25) is 5.02 Å². The highest BCUT2D eigenvalue weighted by Gasteiger charge is 1.94. The lowest BCUT2D eigenvalue weighted by molar-refractivity contribution is -0.136. The molecule has 0 saturated carbocycles. The number of rotatable bonds is 4. The molecule has 0 aliphatic rings. The molecule has 0 bridgehead atoms. The number of benzene rings is 1. The molecule has 1 aromatic rings. The highest BCUT2D eigenvalue weighted by molar-refractivity contribution is 6.30. The summed E-state index contributed by atoms with van der Waals surface area (Å²) in [5.74, 6) is -0.384. The lowest BCUT2D eigenvalue weighted by Crippen LogP contribution is -1.99. The van der Waals surface area contributed by atoms with Gasteiger partial charge in [0, 0.05) is 11.1 Å². The second kappa shape index (κ2) is 6.04. The van der Waals surface area contributed by atoms with Crippen LogP contribution in [0.3, 0.4) is 0 Å². The Bertz CT molecular complexity index is 366. The third kappa shape index (κ3) is 4.47. The molecule has 15 heavy (non-hydrogen) atoms. The van der Waals surface area contributed by atoms with E-state index in [-0.39, 0.29) is 12.6 Å². The van der Waals surface area contributed by atoms with Gasteiger partial charge in [0.1, 0.15) is 6.61 Å². The van der Waals surface area contributed by atoms with Crippen LogP contribution in [0, 0.1) is 0 Å². The largest absolute Gasteiger partial charge is 0.458 e. The summed E-state index contributed by atoms with van der Waals surface area (Å²) in [6.45, 7) is 3.67. The standard InChI is InChI=1S/C12H11ClO2/c1-2-9-15-12(14)8-5-10-3-6-11(13)7-4-10/h2-8H,1,9H2/b8-5+. The lowest BCUT2D eigenvalue weighted by Gasteiger charge is -1.96. The van der Waals surface area contributed by atoms with E-state index in [0.29, 0.717) is 5.02 Å². The maximum absolute atomic E-state index is 11.1. The van der Waals surface area contributed by atoms with E-state index in [1.807, 2.05) is 12.1 Å². The van der Waals surface area contributed by atoms with Gasteiger partial charge >= 0.3 is 5.97 Å². The predicted molar refractivity (Wildman–Crippen MR) is 61.6 cm³/mol. The molecule has 0 radical (unpaired) electrons. The zero-order chi connectivity index (χ0) is 11.1. The molecule has 0 spiro atoms. The molecule has 0 heterocycles. The van der Waals surface area contributed by atoms with Crippen LogP contribution in [0.15, 0.2) is 43.0 Å². The van der Waals surface area contributed by atoms with Crippen molar-refractivity contribution < 1.29 is 9.53 Å². The SMILES string of the molecule is C=CCOC(=O)/C=C/c1ccc(Cl)cc1. The fourth-order valence-electron chi connectivity index (χ4n) is 0.927. The average Bonchev–Trinajstić information content (AvgIpc) is 2.25. The van der Waals surface area contributed by atoms with Gasteiger partial charge in [-0.05, 0) is 23.8 Å². The van der Waals surface area contributed by atoms with Crippen LogP contribution in [0.4, 0.5) is 0 Å². The van der Waals surface area contributed by atoms with Crippen molar-refractivity contribution in [3.63, 3.8) is 0 Å². The van der Waals surface area contributed by atoms with Gasteiger partial charge in [-0.15, -0.1) is 0 Å². The van der Waals surface area contributed by atoms with Gasteiger partial charge in [-0.1, -0.05) is 36.4 Å². The highest BCUT2D eigenvalue weighted by atomic mass is 35.5. The molecule has 3 heteroatoms. The summed E-state index contributed by atoms with van der Waals surface area (Å²) >= 11 is 5.72. The van der Waals surface area contributed by atoms with Crippen molar-refractivity contribution in [3.05, 3.63) is 53.6 Å². The number of ether oxygens (including phenoxy) is 1. The third-order valence-corrected chi connectivity index (χ3v) is 1.88. The molecule has 0 fully saturated rings. The normalized spacial score (nSPS) is 10.2. The van der Waals surface area contributed by atoms with Gasteiger partial charge in [0.2, 0.25) is 0 Å². The number of hydrogen-bond acceptors (Lipinski definition) is 2. The summed E-state index contributed by atoms with van der Waals surface area (Å²) in [6, 6.07) is 7.16. The van der Waals surface area contributed by atoms with Gasteiger partial charge < -0.3 is 4.74 Å². The van der Waals surface area contributed by atoms with Gasteiger partial charge in [0.25, 0.3) is 0 Å². The predicted octanol–water partition coefficient (Wildman–Crippen LogP) is 3.08. The second-order valence-electron chi connectivity index (χ2n) is 2.80. The van der Waals surface area contributed by atoms with Crippen LogP contribution < -0.4 is 0 Å². The van der Waals surface area contributed by atoms with Crippen LogP contribution in [0.25, 0.3) is 6.08 Å². The highest BCUT2D eigenvalue weighted by Crippen LogP contribution is 2.10. The van der Waals surface area contributed by atoms with Crippen molar-refractivity contribution in [1.29, 1.82) is 0 Å². The van der Waals surface area contributed by atoms with E-state index in [1.165, 1.54) is 12.2 Å². The Balaban J connectivity index is 2.53. The fourth-order valence-corrected chi connectivity index (χ4v) is 1.05. The van der Waals surface area contributed by atoms with Crippen molar-refractivity contribution in [1.82, 2.24) is 0 Å². The van der Waals surface area contributed by atoms with Gasteiger partial charge in [0.15, 0.2) is 0 Å². The van der Waals surface area contributed by atoms with E-state index in [9.17, 15) is 4.79 Å². The summed E-state index contributed by atoms with van der Waals surface area (Å²) in [5, 5.41) is 0.668. The summed E-state index contributed by atoms with van der Waals surface area (Å²) < 4.78 is 4.77. The minimum absolute atomic E-state index is 0.226. The van der Waals surface area contributed by atoms with Crippen LogP contribution in [0.5, 0.6) is 0 Å². The first-order valence-electron chi connectivity index (χ1n) is 4.43. The van der Waals surface area contributed by atoms with Gasteiger partial charge in [-0.2, -0.15) is 0 Å². The third-order valence-electron chi connectivity index (χ3n) is 1.63. The summed E-state index contributed by atoms with van der Waals surface area (Å²) in [7, 11) is 0. The minimum Gasteiger partial charge on any atom is -0.458 e. The first-order valence-corrected chi connectivity index (χ1v) is 4.81. The van der Waals surface area contributed by atoms with Crippen molar-refractivity contribution in [3.8, 4) is 0 Å². The molecule has 2 nitrogen and oxygen atoms in total. The number of carbonyl (C=O) groups excluding carboxylic acids is 1. The minimum atomic E-state index is -0.384. The molecule has 1 aromatic carbocycles. The van der Waals surface area contributed by atoms with Crippen molar-refractivity contribution in [2.45, 2.75) is 0 Å². The Morgan fingerprint density at radius 1 is 1.40 bits per heavy atom. The Kier molecular flexibility index (Phi) is 4.64. The Hall–Kier alpha value is -1.54. The van der Waals surface area contributed by atoms with Crippen LogP contribution in [-0.2, 0) is 9.53 Å². The number of carbonyl (C=O) groups is 1. The topological polar surface area (TPSA) is 26.3 Å². The van der Waals surface area contributed by atoms with E-state index in [0.717, 1.165) is 5.56 Å². The van der Waals surface area contributed by atoms with Crippen LogP contribution in [0.1, 0.15) is 5.56 Å². The molecule has 0 aliphatic carbocycles. The molecule has 78 valence electrons. The molecule has 0 saturated heterocycles. The maximum atomic E-state index is 11.1. The number of hydrogen-bond donors (Lipinski definition) is 0. The Morgan fingerprint density at radius 2 is 2.07 bits per heavy atom. The molecule has 0 N–H and O–H groups in total. The van der Waals surface area contributed by atoms with E-state index < -0.39 is 0 Å². The number of esters is 1. The zero-order valence-electron chi connectivity index (χ0n) is 8.15. The molecule has 0 unspecified atom stereocenters. The fraction of sp³-hybridized carbons (Fsp3) is 0.0833. The molecule has 0 atom stereocenters. The monoisotopic (exact) mass is 222 g/mol. The Labute approximate surface area is 93.8 Å². The molecule has 0 aliphatic heterocycles. The Morgan fingerprint density at radius 3 is 2.67 bits per heavy atom. The first kappa shape index (κ1) is 11.5. The van der Waals surface area contributed by atoms with Gasteiger partial charge in [-0.25, -0.2) is 4.79 Å². The molecular formula is C12H11ClO2. The van der Waals surface area contributed by atoms with E-state index in [1.54, 1.807) is 18.2 Å². The van der Waals surface area contributed by atoms with E-state index in [2.05, 4.69) is 6.58 Å².